The van der Waals surface area contributed by atoms with Crippen molar-refractivity contribution in [1.82, 2.24) is 15.2 Å². The summed E-state index contributed by atoms with van der Waals surface area (Å²) in [4.78, 5) is 19.7. The molecule has 1 aromatic heterocycles. The number of benzene rings is 1. The van der Waals surface area contributed by atoms with E-state index in [2.05, 4.69) is 22.4 Å². The Kier molecular flexibility index (Phi) is 6.52. The van der Waals surface area contributed by atoms with Crippen molar-refractivity contribution >= 4 is 17.8 Å². The number of nitrogens with zero attached hydrogens (tertiary/aromatic N) is 2. The number of aliphatic hydroxyl groups is 1. The number of pyridine rings is 1. The fourth-order valence-electron chi connectivity index (χ4n) is 3.28. The summed E-state index contributed by atoms with van der Waals surface area (Å²) in [5.41, 5.74) is 1.81. The highest BCUT2D eigenvalue weighted by atomic mass is 32.2. The minimum atomic E-state index is -0.560. The zero-order chi connectivity index (χ0) is 18.4. The first-order chi connectivity index (χ1) is 12.7. The predicted molar refractivity (Wildman–Crippen MR) is 104 cm³/mol. The number of nitrogens with one attached hydrogen (secondary N) is 1. The molecule has 2 N–H and O–H groups in total. The fraction of sp³-hybridized carbons (Fsp3) is 0.400. The highest BCUT2D eigenvalue weighted by Crippen LogP contribution is 2.29. The van der Waals surface area contributed by atoms with Crippen molar-refractivity contribution in [3.05, 3.63) is 59.9 Å². The van der Waals surface area contributed by atoms with Gasteiger partial charge in [0.05, 0.1) is 11.8 Å². The molecular weight excluding hydrogens is 346 g/mol. The molecule has 1 aliphatic heterocycles. The second-order valence-electron chi connectivity index (χ2n) is 6.53. The number of carbonyl (C=O) groups is 1. The molecule has 138 valence electrons. The Hall–Kier alpha value is -2.05. The first-order valence-corrected chi connectivity index (χ1v) is 10.1. The van der Waals surface area contributed by atoms with Crippen LogP contribution in [0.1, 0.15) is 30.2 Å². The van der Waals surface area contributed by atoms with E-state index in [0.717, 1.165) is 18.4 Å². The maximum atomic E-state index is 12.4. The lowest BCUT2D eigenvalue weighted by molar-refractivity contribution is 0.0635. The van der Waals surface area contributed by atoms with E-state index in [-0.39, 0.29) is 11.9 Å². The second-order valence-corrected chi connectivity index (χ2v) is 7.41. The maximum Gasteiger partial charge on any atom is 0.317 e. The summed E-state index contributed by atoms with van der Waals surface area (Å²) < 4.78 is 0. The summed E-state index contributed by atoms with van der Waals surface area (Å²) in [6.07, 6.45) is 4.75. The number of aromatic nitrogens is 1. The number of carbonyl (C=O) groups excluding carboxylic acids is 1. The lowest BCUT2D eigenvalue weighted by atomic mass is 9.89. The van der Waals surface area contributed by atoms with Crippen LogP contribution in [0.15, 0.2) is 53.6 Å². The van der Waals surface area contributed by atoms with Crippen molar-refractivity contribution in [2.75, 3.05) is 19.3 Å². The molecule has 1 aromatic carbocycles. The summed E-state index contributed by atoms with van der Waals surface area (Å²) in [6, 6.07) is 13.7. The first kappa shape index (κ1) is 18.7. The van der Waals surface area contributed by atoms with Crippen LogP contribution in [0.5, 0.6) is 0 Å². The molecule has 1 atom stereocenters. The van der Waals surface area contributed by atoms with Crippen LogP contribution in [0, 0.1) is 5.92 Å². The zero-order valence-electron chi connectivity index (χ0n) is 15.0. The van der Waals surface area contributed by atoms with E-state index in [4.69, 9.17) is 0 Å². The Morgan fingerprint density at radius 1 is 1.31 bits per heavy atom. The van der Waals surface area contributed by atoms with Crippen LogP contribution in [0.4, 0.5) is 4.79 Å². The van der Waals surface area contributed by atoms with Gasteiger partial charge in [0.15, 0.2) is 0 Å². The molecule has 2 aromatic rings. The van der Waals surface area contributed by atoms with E-state index in [9.17, 15) is 9.90 Å². The minimum absolute atomic E-state index is 0.0367. The van der Waals surface area contributed by atoms with Gasteiger partial charge in [-0.05, 0) is 54.8 Å². The summed E-state index contributed by atoms with van der Waals surface area (Å²) in [5.74, 6) is 0.146. The molecule has 2 amide bonds. The second kappa shape index (κ2) is 9.05. The van der Waals surface area contributed by atoms with Crippen molar-refractivity contribution in [2.45, 2.75) is 30.4 Å². The Morgan fingerprint density at radius 3 is 2.81 bits per heavy atom. The van der Waals surface area contributed by atoms with Gasteiger partial charge in [-0.2, -0.15) is 0 Å². The first-order valence-electron chi connectivity index (χ1n) is 8.92. The lowest BCUT2D eigenvalue weighted by Crippen LogP contribution is -2.45. The molecule has 26 heavy (non-hydrogen) atoms. The molecular formula is C20H25N3O2S. The van der Waals surface area contributed by atoms with Gasteiger partial charge in [0.2, 0.25) is 0 Å². The molecule has 1 unspecified atom stereocenters. The molecule has 5 nitrogen and oxygen atoms in total. The lowest BCUT2D eigenvalue weighted by Gasteiger charge is -2.34. The Balaban J connectivity index is 1.47. The topological polar surface area (TPSA) is 65.5 Å². The van der Waals surface area contributed by atoms with E-state index in [1.54, 1.807) is 18.0 Å². The summed E-state index contributed by atoms with van der Waals surface area (Å²) in [6.45, 7) is 1.85. The van der Waals surface area contributed by atoms with E-state index in [0.29, 0.717) is 25.3 Å². The van der Waals surface area contributed by atoms with Gasteiger partial charge in [-0.3, -0.25) is 4.98 Å². The number of urea groups is 1. The minimum Gasteiger partial charge on any atom is -0.387 e. The van der Waals surface area contributed by atoms with Crippen molar-refractivity contribution in [1.29, 1.82) is 0 Å². The number of likely N-dealkylation sites (tertiary alicyclic amines) is 1. The molecule has 1 aliphatic rings. The van der Waals surface area contributed by atoms with Crippen molar-refractivity contribution in [3.63, 3.8) is 0 Å². The third-order valence-electron chi connectivity index (χ3n) is 4.84. The number of hydrogen-bond acceptors (Lipinski definition) is 4. The van der Waals surface area contributed by atoms with Gasteiger partial charge in [0.25, 0.3) is 0 Å². The molecule has 1 saturated heterocycles. The van der Waals surface area contributed by atoms with Gasteiger partial charge in [0.1, 0.15) is 0 Å². The monoisotopic (exact) mass is 371 g/mol. The summed E-state index contributed by atoms with van der Waals surface area (Å²) in [7, 11) is 0. The van der Waals surface area contributed by atoms with Crippen LogP contribution >= 0.6 is 11.8 Å². The van der Waals surface area contributed by atoms with Gasteiger partial charge in [-0.1, -0.05) is 18.2 Å². The van der Waals surface area contributed by atoms with Crippen LogP contribution in [-0.4, -0.2) is 40.4 Å². The average Bonchev–Trinajstić information content (AvgIpc) is 2.72. The van der Waals surface area contributed by atoms with Crippen LogP contribution in [-0.2, 0) is 6.54 Å². The van der Waals surface area contributed by atoms with Crippen molar-refractivity contribution in [3.8, 4) is 0 Å². The van der Waals surface area contributed by atoms with Gasteiger partial charge in [0, 0.05) is 30.7 Å². The van der Waals surface area contributed by atoms with Gasteiger partial charge >= 0.3 is 6.03 Å². The van der Waals surface area contributed by atoms with Crippen molar-refractivity contribution in [2.24, 2.45) is 5.92 Å². The number of amides is 2. The molecule has 1 fully saturated rings. The zero-order valence-corrected chi connectivity index (χ0v) is 15.8. The highest BCUT2D eigenvalue weighted by Gasteiger charge is 2.28. The largest absolute Gasteiger partial charge is 0.387 e. The Labute approximate surface area is 158 Å². The fourth-order valence-corrected chi connectivity index (χ4v) is 3.77. The van der Waals surface area contributed by atoms with E-state index < -0.39 is 6.10 Å². The third-order valence-corrected chi connectivity index (χ3v) is 5.57. The molecule has 0 radical (unpaired) electrons. The summed E-state index contributed by atoms with van der Waals surface area (Å²) >= 11 is 1.69. The molecule has 3 rings (SSSR count). The number of rotatable bonds is 5. The average molecular weight is 372 g/mol. The van der Waals surface area contributed by atoms with Crippen LogP contribution < -0.4 is 5.32 Å². The normalized spacial score (nSPS) is 16.3. The van der Waals surface area contributed by atoms with E-state index >= 15 is 0 Å². The smallest absolute Gasteiger partial charge is 0.317 e. The Morgan fingerprint density at radius 2 is 2.12 bits per heavy atom. The van der Waals surface area contributed by atoms with Crippen molar-refractivity contribution < 1.29 is 9.90 Å². The van der Waals surface area contributed by atoms with Gasteiger partial charge in [-0.15, -0.1) is 11.8 Å². The quantitative estimate of drug-likeness (QED) is 0.790. The van der Waals surface area contributed by atoms with Crippen LogP contribution in [0.2, 0.25) is 0 Å². The molecule has 0 saturated carbocycles. The molecule has 0 bridgehead atoms. The summed E-state index contributed by atoms with van der Waals surface area (Å²) in [5, 5.41) is 13.5. The van der Waals surface area contributed by atoms with E-state index in [1.807, 2.05) is 41.5 Å². The molecule has 0 spiro atoms. The number of piperidine rings is 1. The number of aliphatic hydroxyl groups excluding tert-OH is 1. The standard InChI is InChI=1S/C20H25N3O2S/c1-26-17-6-4-5-15(13-17)14-22-20(25)23-11-8-16(9-12-23)19(24)18-7-2-3-10-21-18/h2-7,10,13,16,19,24H,8-9,11-12,14H2,1H3,(H,22,25). The maximum absolute atomic E-state index is 12.4. The van der Waals surface area contributed by atoms with Crippen LogP contribution in [0.25, 0.3) is 0 Å². The molecule has 0 aliphatic carbocycles. The number of thioether (sulfide) groups is 1. The molecule has 6 heteroatoms. The molecule has 2 heterocycles. The third kappa shape index (κ3) is 4.77. The highest BCUT2D eigenvalue weighted by molar-refractivity contribution is 7.98. The van der Waals surface area contributed by atoms with Crippen LogP contribution in [0.3, 0.4) is 0 Å². The SMILES string of the molecule is CSc1cccc(CNC(=O)N2CCC(C(O)c3ccccn3)CC2)c1. The van der Waals surface area contributed by atoms with Gasteiger partial charge in [-0.25, -0.2) is 4.79 Å². The van der Waals surface area contributed by atoms with E-state index in [1.165, 1.54) is 4.90 Å². The Bertz CT molecular complexity index is 718. The number of hydrogen-bond donors (Lipinski definition) is 2. The predicted octanol–water partition coefficient (Wildman–Crippen LogP) is 3.46. The van der Waals surface area contributed by atoms with Gasteiger partial charge < -0.3 is 15.3 Å².